The van der Waals surface area contributed by atoms with Gasteiger partial charge in [0.2, 0.25) is 0 Å². The van der Waals surface area contributed by atoms with Crippen molar-refractivity contribution < 1.29 is 22.7 Å². The van der Waals surface area contributed by atoms with E-state index in [0.717, 1.165) is 16.5 Å². The van der Waals surface area contributed by atoms with Crippen LogP contribution in [0.2, 0.25) is 0 Å². The van der Waals surface area contributed by atoms with Gasteiger partial charge in [-0.25, -0.2) is 4.79 Å². The molecule has 0 spiro atoms. The molecule has 3 nitrogen and oxygen atoms in total. The molecule has 0 saturated carbocycles. The predicted molar refractivity (Wildman–Crippen MR) is 100.0 cm³/mol. The number of carbonyl (C=O) groups is 1. The van der Waals surface area contributed by atoms with Crippen molar-refractivity contribution in [1.29, 1.82) is 0 Å². The molecule has 1 aromatic heterocycles. The van der Waals surface area contributed by atoms with Gasteiger partial charge in [0.1, 0.15) is 5.60 Å². The molecular weight excluding hydrogens is 375 g/mol. The molecule has 3 rings (SSSR count). The molecule has 2 aromatic rings. The molecule has 1 aliphatic rings. The molecule has 1 aromatic carbocycles. The van der Waals surface area contributed by atoms with Crippen molar-refractivity contribution in [3.63, 3.8) is 0 Å². The molecule has 0 aliphatic carbocycles. The number of alkyl halides is 3. The van der Waals surface area contributed by atoms with Crippen molar-refractivity contribution in [2.45, 2.75) is 45.4 Å². The van der Waals surface area contributed by atoms with E-state index < -0.39 is 17.3 Å². The van der Waals surface area contributed by atoms with Crippen molar-refractivity contribution in [1.82, 2.24) is 4.90 Å². The highest BCUT2D eigenvalue weighted by Gasteiger charge is 2.34. The van der Waals surface area contributed by atoms with Gasteiger partial charge in [-0.2, -0.15) is 13.2 Å². The monoisotopic (exact) mass is 397 g/mol. The third kappa shape index (κ3) is 4.64. The van der Waals surface area contributed by atoms with Crippen molar-refractivity contribution in [3.8, 4) is 10.4 Å². The van der Waals surface area contributed by atoms with E-state index in [0.29, 0.717) is 30.8 Å². The van der Waals surface area contributed by atoms with E-state index in [1.807, 2.05) is 26.8 Å². The van der Waals surface area contributed by atoms with Crippen LogP contribution < -0.4 is 0 Å². The van der Waals surface area contributed by atoms with Gasteiger partial charge in [0.25, 0.3) is 0 Å². The van der Waals surface area contributed by atoms with Gasteiger partial charge in [-0.15, -0.1) is 11.3 Å². The summed E-state index contributed by atoms with van der Waals surface area (Å²) in [6.45, 7) is 6.47. The lowest BCUT2D eigenvalue weighted by molar-refractivity contribution is -0.137. The molecule has 0 fully saturated rings. The lowest BCUT2D eigenvalue weighted by atomic mass is 10.0. The zero-order valence-electron chi connectivity index (χ0n) is 15.5. The van der Waals surface area contributed by atoms with Crippen molar-refractivity contribution >= 4 is 17.4 Å². The molecule has 0 N–H and O–H groups in total. The lowest BCUT2D eigenvalue weighted by Crippen LogP contribution is -2.38. The fourth-order valence-corrected chi connectivity index (χ4v) is 4.32. The number of nitrogens with zero attached hydrogens (tertiary/aromatic N) is 1. The summed E-state index contributed by atoms with van der Waals surface area (Å²) in [4.78, 5) is 15.6. The van der Waals surface area contributed by atoms with Crippen molar-refractivity contribution in [2.24, 2.45) is 0 Å². The van der Waals surface area contributed by atoms with Gasteiger partial charge in [0.05, 0.1) is 5.56 Å². The Balaban J connectivity index is 1.80. The highest BCUT2D eigenvalue weighted by atomic mass is 32.1. The van der Waals surface area contributed by atoms with Gasteiger partial charge < -0.3 is 9.64 Å². The average Bonchev–Trinajstić information content (AvgIpc) is 2.85. The fraction of sp³-hybridized carbons (Fsp3) is 0.450. The van der Waals surface area contributed by atoms with Gasteiger partial charge >= 0.3 is 12.3 Å². The minimum absolute atomic E-state index is 0.215. The molecule has 1 amide bonds. The molecule has 27 heavy (non-hydrogen) atoms. The largest absolute Gasteiger partial charge is 0.444 e. The normalized spacial score (nSPS) is 15.3. The minimum Gasteiger partial charge on any atom is -0.444 e. The summed E-state index contributed by atoms with van der Waals surface area (Å²) < 4.78 is 45.3. The molecule has 7 heteroatoms. The maximum absolute atomic E-state index is 13.3. The number of halogens is 3. The summed E-state index contributed by atoms with van der Waals surface area (Å²) in [7, 11) is 0. The molecule has 146 valence electrons. The Labute approximate surface area is 160 Å². The van der Waals surface area contributed by atoms with E-state index in [1.54, 1.807) is 11.0 Å². The Morgan fingerprint density at radius 2 is 1.78 bits per heavy atom. The Bertz CT molecular complexity index is 811. The Morgan fingerprint density at radius 3 is 2.44 bits per heavy atom. The van der Waals surface area contributed by atoms with E-state index in [-0.39, 0.29) is 11.7 Å². The Morgan fingerprint density at radius 1 is 1.11 bits per heavy atom. The SMILES string of the molecule is CC(C)(C)OC(=O)N1CCc2cc(-c3ccccc3C(F)(F)F)sc2CC1. The second-order valence-electron chi connectivity index (χ2n) is 7.57. The van der Waals surface area contributed by atoms with Crippen LogP contribution in [0.1, 0.15) is 36.8 Å². The zero-order chi connectivity index (χ0) is 19.8. The average molecular weight is 397 g/mol. The first-order valence-electron chi connectivity index (χ1n) is 8.81. The van der Waals surface area contributed by atoms with Crippen LogP contribution in [0.4, 0.5) is 18.0 Å². The molecule has 0 bridgehead atoms. The quantitative estimate of drug-likeness (QED) is 0.611. The summed E-state index contributed by atoms with van der Waals surface area (Å²) in [5.74, 6) is 0. The smallest absolute Gasteiger partial charge is 0.417 e. The Kier molecular flexibility index (Phi) is 5.25. The number of carbonyl (C=O) groups excluding carboxylic acids is 1. The van der Waals surface area contributed by atoms with E-state index in [4.69, 9.17) is 4.74 Å². The molecular formula is C20H22F3NO2S. The van der Waals surface area contributed by atoms with E-state index in [2.05, 4.69) is 0 Å². The molecule has 0 atom stereocenters. The number of amides is 1. The van der Waals surface area contributed by atoms with Crippen LogP contribution in [0.25, 0.3) is 10.4 Å². The van der Waals surface area contributed by atoms with Crippen LogP contribution in [0.3, 0.4) is 0 Å². The van der Waals surface area contributed by atoms with Crippen molar-refractivity contribution in [2.75, 3.05) is 13.1 Å². The van der Waals surface area contributed by atoms with E-state index in [9.17, 15) is 18.0 Å². The first-order valence-corrected chi connectivity index (χ1v) is 9.62. The predicted octanol–water partition coefficient (Wildman–Crippen LogP) is 5.77. The standard InChI is InChI=1S/C20H22F3NO2S/c1-19(2,3)26-18(25)24-10-8-13-12-17(27-16(13)9-11-24)14-6-4-5-7-15(14)20(21,22)23/h4-7,12H,8-11H2,1-3H3. The van der Waals surface area contributed by atoms with Crippen LogP contribution in [-0.4, -0.2) is 29.7 Å². The number of benzene rings is 1. The van der Waals surface area contributed by atoms with Gasteiger partial charge in [-0.05, 0) is 51.3 Å². The van der Waals surface area contributed by atoms with Crippen molar-refractivity contribution in [3.05, 3.63) is 46.3 Å². The van der Waals surface area contributed by atoms with Crippen LogP contribution in [0, 0.1) is 0 Å². The maximum atomic E-state index is 13.3. The molecule has 0 radical (unpaired) electrons. The minimum atomic E-state index is -4.38. The number of hydrogen-bond donors (Lipinski definition) is 0. The second-order valence-corrected chi connectivity index (χ2v) is 8.71. The van der Waals surface area contributed by atoms with Gasteiger partial charge in [0, 0.05) is 28.4 Å². The Hall–Kier alpha value is -2.02. The number of rotatable bonds is 1. The number of ether oxygens (including phenoxy) is 1. The maximum Gasteiger partial charge on any atom is 0.417 e. The summed E-state index contributed by atoms with van der Waals surface area (Å²) in [5, 5.41) is 0. The first kappa shape index (κ1) is 19.7. The number of thiophene rings is 1. The molecule has 2 heterocycles. The number of hydrogen-bond acceptors (Lipinski definition) is 3. The fourth-order valence-electron chi connectivity index (χ4n) is 3.08. The van der Waals surface area contributed by atoms with Crippen LogP contribution >= 0.6 is 11.3 Å². The van der Waals surface area contributed by atoms with Gasteiger partial charge in [-0.3, -0.25) is 0 Å². The summed E-state index contributed by atoms with van der Waals surface area (Å²) in [6.07, 6.45) is -3.50. The summed E-state index contributed by atoms with van der Waals surface area (Å²) in [6, 6.07) is 7.50. The van der Waals surface area contributed by atoms with Crippen LogP contribution in [0.15, 0.2) is 30.3 Å². The lowest BCUT2D eigenvalue weighted by Gasteiger charge is -2.26. The zero-order valence-corrected chi connectivity index (χ0v) is 16.3. The van der Waals surface area contributed by atoms with E-state index >= 15 is 0 Å². The highest BCUT2D eigenvalue weighted by molar-refractivity contribution is 7.15. The summed E-state index contributed by atoms with van der Waals surface area (Å²) in [5.41, 5.74) is 0.0600. The summed E-state index contributed by atoms with van der Waals surface area (Å²) >= 11 is 1.38. The highest BCUT2D eigenvalue weighted by Crippen LogP contribution is 2.41. The van der Waals surface area contributed by atoms with Gasteiger partial charge in [0.15, 0.2) is 0 Å². The van der Waals surface area contributed by atoms with Crippen LogP contribution in [0.5, 0.6) is 0 Å². The first-order chi connectivity index (χ1) is 12.5. The number of fused-ring (bicyclic) bond motifs is 1. The van der Waals surface area contributed by atoms with Crippen LogP contribution in [-0.2, 0) is 23.8 Å². The van der Waals surface area contributed by atoms with E-state index in [1.165, 1.54) is 23.5 Å². The third-order valence-electron chi connectivity index (χ3n) is 4.31. The topological polar surface area (TPSA) is 29.5 Å². The third-order valence-corrected chi connectivity index (χ3v) is 5.58. The molecule has 0 saturated heterocycles. The molecule has 1 aliphatic heterocycles. The second kappa shape index (κ2) is 7.19. The van der Waals surface area contributed by atoms with Gasteiger partial charge in [-0.1, -0.05) is 18.2 Å². The molecule has 0 unspecified atom stereocenters.